The highest BCUT2D eigenvalue weighted by Gasteiger charge is 2.44. The molecule has 2 rings (SSSR count). The minimum atomic E-state index is -3.70. The fourth-order valence-corrected chi connectivity index (χ4v) is 4.51. The monoisotopic (exact) mass is 288 g/mol. The number of piperidine rings is 1. The van der Waals surface area contributed by atoms with Gasteiger partial charge in [0.1, 0.15) is 6.04 Å². The Balaban J connectivity index is 2.24. The second-order valence-electron chi connectivity index (χ2n) is 5.06. The lowest BCUT2D eigenvalue weighted by molar-refractivity contribution is -0.142. The standard InChI is InChI=1S/C12H20N2O4S/c1-2-8-13(10-6-7-10)19(17,18)14-9-4-3-5-11(14)12(15)16/h2,10-11H,1,3-9H2,(H,15,16). The molecule has 2 fully saturated rings. The van der Waals surface area contributed by atoms with Gasteiger partial charge in [0.2, 0.25) is 0 Å². The van der Waals surface area contributed by atoms with Crippen molar-refractivity contribution in [2.24, 2.45) is 0 Å². The second-order valence-corrected chi connectivity index (χ2v) is 6.89. The quantitative estimate of drug-likeness (QED) is 0.734. The van der Waals surface area contributed by atoms with E-state index in [4.69, 9.17) is 0 Å². The maximum absolute atomic E-state index is 12.6. The summed E-state index contributed by atoms with van der Waals surface area (Å²) in [7, 11) is -3.70. The SMILES string of the molecule is C=CCN(C1CC1)S(=O)(=O)N1CCCCC1C(=O)O. The molecule has 1 atom stereocenters. The highest BCUT2D eigenvalue weighted by molar-refractivity contribution is 7.86. The summed E-state index contributed by atoms with van der Waals surface area (Å²) < 4.78 is 27.8. The molecule has 0 bridgehead atoms. The van der Waals surface area contributed by atoms with E-state index in [0.29, 0.717) is 13.0 Å². The minimum Gasteiger partial charge on any atom is -0.480 e. The summed E-state index contributed by atoms with van der Waals surface area (Å²) in [5, 5.41) is 9.19. The normalized spacial score (nSPS) is 25.4. The molecule has 2 aliphatic rings. The van der Waals surface area contributed by atoms with Crippen LogP contribution in [-0.4, -0.2) is 53.3 Å². The van der Waals surface area contributed by atoms with Gasteiger partial charge in [-0.2, -0.15) is 17.0 Å². The van der Waals surface area contributed by atoms with Gasteiger partial charge in [0.25, 0.3) is 10.2 Å². The zero-order chi connectivity index (χ0) is 14.0. The van der Waals surface area contributed by atoms with E-state index in [-0.39, 0.29) is 12.6 Å². The van der Waals surface area contributed by atoms with Gasteiger partial charge in [-0.3, -0.25) is 4.79 Å². The van der Waals surface area contributed by atoms with Crippen molar-refractivity contribution >= 4 is 16.2 Å². The number of hydrogen-bond acceptors (Lipinski definition) is 3. The van der Waals surface area contributed by atoms with Crippen molar-refractivity contribution in [2.45, 2.75) is 44.2 Å². The number of carbonyl (C=O) groups is 1. The molecule has 0 spiro atoms. The Morgan fingerprint density at radius 2 is 2.05 bits per heavy atom. The van der Waals surface area contributed by atoms with E-state index in [1.807, 2.05) is 0 Å². The average molecular weight is 288 g/mol. The number of nitrogens with zero attached hydrogens (tertiary/aromatic N) is 2. The van der Waals surface area contributed by atoms with Gasteiger partial charge in [-0.15, -0.1) is 6.58 Å². The Hall–Kier alpha value is -0.920. The van der Waals surface area contributed by atoms with Crippen LogP contribution in [0.15, 0.2) is 12.7 Å². The summed E-state index contributed by atoms with van der Waals surface area (Å²) in [5.74, 6) is -1.06. The largest absolute Gasteiger partial charge is 0.480 e. The molecule has 1 saturated heterocycles. The summed E-state index contributed by atoms with van der Waals surface area (Å²) >= 11 is 0. The number of carboxylic acid groups (broad SMARTS) is 1. The van der Waals surface area contributed by atoms with Crippen molar-refractivity contribution in [1.82, 2.24) is 8.61 Å². The Bertz CT molecular complexity index is 458. The van der Waals surface area contributed by atoms with Gasteiger partial charge in [0, 0.05) is 19.1 Å². The van der Waals surface area contributed by atoms with Crippen LogP contribution in [0.3, 0.4) is 0 Å². The molecule has 0 amide bonds. The first-order valence-corrected chi connectivity index (χ1v) is 8.00. The maximum Gasteiger partial charge on any atom is 0.322 e. The summed E-state index contributed by atoms with van der Waals surface area (Å²) in [4.78, 5) is 11.2. The molecule has 1 heterocycles. The van der Waals surface area contributed by atoms with E-state index >= 15 is 0 Å². The first-order chi connectivity index (χ1) is 8.98. The topological polar surface area (TPSA) is 77.9 Å². The number of aliphatic carboxylic acids is 1. The molecule has 1 aliphatic carbocycles. The third-order valence-corrected chi connectivity index (χ3v) is 5.66. The first-order valence-electron chi connectivity index (χ1n) is 6.60. The Kier molecular flexibility index (Phi) is 4.27. The third kappa shape index (κ3) is 2.98. The van der Waals surface area contributed by atoms with Gasteiger partial charge in [-0.1, -0.05) is 6.08 Å². The minimum absolute atomic E-state index is 0.0133. The lowest BCUT2D eigenvalue weighted by Crippen LogP contribution is -2.53. The summed E-state index contributed by atoms with van der Waals surface area (Å²) in [6.45, 7) is 4.12. The van der Waals surface area contributed by atoms with E-state index < -0.39 is 22.2 Å². The smallest absolute Gasteiger partial charge is 0.322 e. The molecule has 19 heavy (non-hydrogen) atoms. The number of rotatable bonds is 6. The van der Waals surface area contributed by atoms with Crippen LogP contribution in [0, 0.1) is 0 Å². The van der Waals surface area contributed by atoms with Crippen LogP contribution in [0.4, 0.5) is 0 Å². The van der Waals surface area contributed by atoms with E-state index in [1.165, 1.54) is 4.31 Å². The third-order valence-electron chi connectivity index (χ3n) is 3.59. The van der Waals surface area contributed by atoms with Crippen LogP contribution in [0.5, 0.6) is 0 Å². The van der Waals surface area contributed by atoms with Crippen molar-refractivity contribution in [3.8, 4) is 0 Å². The molecule has 0 aromatic carbocycles. The molecular weight excluding hydrogens is 268 g/mol. The Morgan fingerprint density at radius 3 is 2.58 bits per heavy atom. The second kappa shape index (κ2) is 5.60. The van der Waals surface area contributed by atoms with Gasteiger partial charge in [0.15, 0.2) is 0 Å². The predicted molar refractivity (Wildman–Crippen MR) is 70.8 cm³/mol. The van der Waals surface area contributed by atoms with E-state index in [2.05, 4.69) is 6.58 Å². The molecule has 7 heteroatoms. The zero-order valence-corrected chi connectivity index (χ0v) is 11.7. The van der Waals surface area contributed by atoms with Crippen molar-refractivity contribution in [3.05, 3.63) is 12.7 Å². The molecule has 0 aromatic rings. The number of hydrogen-bond donors (Lipinski definition) is 1. The van der Waals surface area contributed by atoms with Crippen LogP contribution in [-0.2, 0) is 15.0 Å². The molecule has 0 aromatic heterocycles. The zero-order valence-electron chi connectivity index (χ0n) is 10.9. The highest BCUT2D eigenvalue weighted by Crippen LogP contribution is 2.32. The van der Waals surface area contributed by atoms with Crippen molar-refractivity contribution < 1.29 is 18.3 Å². The lowest BCUT2D eigenvalue weighted by atomic mass is 10.1. The molecule has 108 valence electrons. The first kappa shape index (κ1) is 14.5. The molecular formula is C12H20N2O4S. The van der Waals surface area contributed by atoms with Gasteiger partial charge in [-0.25, -0.2) is 0 Å². The van der Waals surface area contributed by atoms with Crippen LogP contribution >= 0.6 is 0 Å². The molecule has 1 N–H and O–H groups in total. The van der Waals surface area contributed by atoms with Gasteiger partial charge in [-0.05, 0) is 32.1 Å². The van der Waals surface area contributed by atoms with E-state index in [0.717, 1.165) is 30.0 Å². The van der Waals surface area contributed by atoms with Crippen LogP contribution in [0.2, 0.25) is 0 Å². The van der Waals surface area contributed by atoms with Gasteiger partial charge >= 0.3 is 5.97 Å². The van der Waals surface area contributed by atoms with Crippen LogP contribution < -0.4 is 0 Å². The molecule has 1 saturated carbocycles. The van der Waals surface area contributed by atoms with Gasteiger partial charge in [0.05, 0.1) is 0 Å². The van der Waals surface area contributed by atoms with Crippen LogP contribution in [0.1, 0.15) is 32.1 Å². The summed E-state index contributed by atoms with van der Waals surface area (Å²) in [6, 6.07) is -0.913. The number of carboxylic acids is 1. The summed E-state index contributed by atoms with van der Waals surface area (Å²) in [6.07, 6.45) is 5.11. The fourth-order valence-electron chi connectivity index (χ4n) is 2.48. The summed E-state index contributed by atoms with van der Waals surface area (Å²) in [5.41, 5.74) is 0. The molecule has 1 aliphatic heterocycles. The van der Waals surface area contributed by atoms with E-state index in [9.17, 15) is 18.3 Å². The molecule has 0 radical (unpaired) electrons. The Morgan fingerprint density at radius 1 is 1.37 bits per heavy atom. The van der Waals surface area contributed by atoms with Crippen LogP contribution in [0.25, 0.3) is 0 Å². The average Bonchev–Trinajstić information content (AvgIpc) is 3.20. The van der Waals surface area contributed by atoms with Gasteiger partial charge < -0.3 is 5.11 Å². The maximum atomic E-state index is 12.6. The van der Waals surface area contributed by atoms with Crippen molar-refractivity contribution in [3.63, 3.8) is 0 Å². The van der Waals surface area contributed by atoms with E-state index in [1.54, 1.807) is 6.08 Å². The molecule has 6 nitrogen and oxygen atoms in total. The van der Waals surface area contributed by atoms with Crippen molar-refractivity contribution in [1.29, 1.82) is 0 Å². The highest BCUT2D eigenvalue weighted by atomic mass is 32.2. The van der Waals surface area contributed by atoms with Crippen molar-refractivity contribution in [2.75, 3.05) is 13.1 Å². The lowest BCUT2D eigenvalue weighted by Gasteiger charge is -2.35. The fraction of sp³-hybridized carbons (Fsp3) is 0.750. The molecule has 1 unspecified atom stereocenters. The predicted octanol–water partition coefficient (Wildman–Crippen LogP) is 0.821. The Labute approximate surface area is 113 Å².